The van der Waals surface area contributed by atoms with Gasteiger partial charge in [-0.2, -0.15) is 0 Å². The zero-order chi connectivity index (χ0) is 14.5. The van der Waals surface area contributed by atoms with Gasteiger partial charge < -0.3 is 19.8 Å². The smallest absolute Gasteiger partial charge is 0.163 e. The van der Waals surface area contributed by atoms with Crippen molar-refractivity contribution in [2.24, 2.45) is 5.73 Å². The highest BCUT2D eigenvalue weighted by Gasteiger charge is 2.11. The monoisotopic (exact) mass is 275 g/mol. The Hall–Kier alpha value is -2.01. The predicted molar refractivity (Wildman–Crippen MR) is 78.5 cm³/mol. The molecule has 1 unspecified atom stereocenters. The van der Waals surface area contributed by atoms with E-state index in [-0.39, 0.29) is 6.04 Å². The third-order valence-electron chi connectivity index (χ3n) is 2.94. The first-order valence-corrected chi connectivity index (χ1v) is 6.85. The summed E-state index contributed by atoms with van der Waals surface area (Å²) in [6.45, 7) is 7.04. The van der Waals surface area contributed by atoms with Crippen LogP contribution in [0.1, 0.15) is 32.5 Å². The van der Waals surface area contributed by atoms with Crippen LogP contribution in [0.25, 0.3) is 5.69 Å². The van der Waals surface area contributed by atoms with Crippen molar-refractivity contribution in [1.82, 2.24) is 9.55 Å². The van der Waals surface area contributed by atoms with Crippen molar-refractivity contribution in [3.05, 3.63) is 36.4 Å². The third-order valence-corrected chi connectivity index (χ3v) is 2.94. The second-order valence-corrected chi connectivity index (χ2v) is 4.47. The van der Waals surface area contributed by atoms with Crippen molar-refractivity contribution in [1.29, 1.82) is 0 Å². The molecule has 0 aliphatic carbocycles. The van der Waals surface area contributed by atoms with Crippen LogP contribution in [0.2, 0.25) is 0 Å². The molecule has 1 heterocycles. The van der Waals surface area contributed by atoms with Gasteiger partial charge in [-0.3, -0.25) is 0 Å². The molecule has 1 atom stereocenters. The molecule has 2 N–H and O–H groups in total. The molecule has 5 nitrogen and oxygen atoms in total. The van der Waals surface area contributed by atoms with Crippen molar-refractivity contribution < 1.29 is 9.47 Å². The lowest BCUT2D eigenvalue weighted by atomic mass is 10.2. The van der Waals surface area contributed by atoms with Crippen LogP contribution in [0, 0.1) is 0 Å². The average Bonchev–Trinajstić information content (AvgIpc) is 2.91. The van der Waals surface area contributed by atoms with Gasteiger partial charge in [-0.25, -0.2) is 4.98 Å². The Morgan fingerprint density at radius 3 is 2.55 bits per heavy atom. The largest absolute Gasteiger partial charge is 0.490 e. The zero-order valence-electron chi connectivity index (χ0n) is 12.2. The van der Waals surface area contributed by atoms with E-state index in [1.807, 2.05) is 43.5 Å². The number of aromatic nitrogens is 2. The van der Waals surface area contributed by atoms with Gasteiger partial charge in [-0.1, -0.05) is 0 Å². The number of imidazole rings is 1. The number of rotatable bonds is 6. The normalized spacial score (nSPS) is 12.2. The Kier molecular flexibility index (Phi) is 4.63. The maximum atomic E-state index is 5.95. The minimum Gasteiger partial charge on any atom is -0.490 e. The number of ether oxygens (including phenoxy) is 2. The Morgan fingerprint density at radius 2 is 1.90 bits per heavy atom. The maximum Gasteiger partial charge on any atom is 0.163 e. The minimum atomic E-state index is -0.0837. The summed E-state index contributed by atoms with van der Waals surface area (Å²) < 4.78 is 13.2. The van der Waals surface area contributed by atoms with Crippen molar-refractivity contribution in [3.63, 3.8) is 0 Å². The first kappa shape index (κ1) is 14.4. The molecule has 2 aromatic rings. The molecule has 0 radical (unpaired) electrons. The van der Waals surface area contributed by atoms with E-state index >= 15 is 0 Å². The number of hydrogen-bond acceptors (Lipinski definition) is 4. The van der Waals surface area contributed by atoms with E-state index in [4.69, 9.17) is 15.2 Å². The molecule has 20 heavy (non-hydrogen) atoms. The zero-order valence-corrected chi connectivity index (χ0v) is 12.2. The van der Waals surface area contributed by atoms with Crippen LogP contribution in [0.4, 0.5) is 0 Å². The summed E-state index contributed by atoms with van der Waals surface area (Å²) in [7, 11) is 0. The Balaban J connectivity index is 2.42. The Bertz CT molecular complexity index is 564. The maximum absolute atomic E-state index is 5.95. The molecule has 1 aromatic carbocycles. The van der Waals surface area contributed by atoms with Crippen LogP contribution in [0.5, 0.6) is 11.5 Å². The van der Waals surface area contributed by atoms with Gasteiger partial charge in [0.1, 0.15) is 0 Å². The highest BCUT2D eigenvalue weighted by Crippen LogP contribution is 2.30. The van der Waals surface area contributed by atoms with Crippen molar-refractivity contribution in [3.8, 4) is 17.2 Å². The number of nitrogens with two attached hydrogens (primary N) is 1. The second kappa shape index (κ2) is 6.43. The van der Waals surface area contributed by atoms with Gasteiger partial charge in [0, 0.05) is 12.1 Å². The van der Waals surface area contributed by atoms with E-state index in [0.717, 1.165) is 22.9 Å². The number of benzene rings is 1. The van der Waals surface area contributed by atoms with Crippen molar-refractivity contribution in [2.75, 3.05) is 13.2 Å². The summed E-state index contributed by atoms with van der Waals surface area (Å²) in [6.07, 6.45) is 3.53. The van der Waals surface area contributed by atoms with E-state index < -0.39 is 0 Å². The number of hydrogen-bond donors (Lipinski definition) is 1. The molecule has 2 rings (SSSR count). The summed E-state index contributed by atoms with van der Waals surface area (Å²) in [4.78, 5) is 4.17. The molecule has 0 saturated carbocycles. The quantitative estimate of drug-likeness (QED) is 0.880. The van der Waals surface area contributed by atoms with Gasteiger partial charge in [0.05, 0.1) is 37.1 Å². The molecule has 0 amide bonds. The molecule has 0 aliphatic heterocycles. The molecule has 0 saturated heterocycles. The van der Waals surface area contributed by atoms with Gasteiger partial charge in [0.15, 0.2) is 11.5 Å². The fourth-order valence-corrected chi connectivity index (χ4v) is 2.05. The highest BCUT2D eigenvalue weighted by atomic mass is 16.5. The fourth-order valence-electron chi connectivity index (χ4n) is 2.05. The summed E-state index contributed by atoms with van der Waals surface area (Å²) in [5, 5.41) is 0. The summed E-state index contributed by atoms with van der Waals surface area (Å²) >= 11 is 0. The van der Waals surface area contributed by atoms with Gasteiger partial charge >= 0.3 is 0 Å². The lowest BCUT2D eigenvalue weighted by Gasteiger charge is -2.15. The minimum absolute atomic E-state index is 0.0837. The summed E-state index contributed by atoms with van der Waals surface area (Å²) in [5.74, 6) is 1.48. The van der Waals surface area contributed by atoms with Crippen LogP contribution >= 0.6 is 0 Å². The molecule has 108 valence electrons. The van der Waals surface area contributed by atoms with Gasteiger partial charge in [-0.15, -0.1) is 0 Å². The first-order valence-electron chi connectivity index (χ1n) is 6.85. The van der Waals surface area contributed by atoms with E-state index in [1.165, 1.54) is 0 Å². The van der Waals surface area contributed by atoms with E-state index in [1.54, 1.807) is 12.5 Å². The molecule has 0 spiro atoms. The number of nitrogens with zero attached hydrogens (tertiary/aromatic N) is 2. The SMILES string of the molecule is CCOc1ccc(-n2cncc2C(C)N)cc1OCC. The molecule has 5 heteroatoms. The van der Waals surface area contributed by atoms with Crippen LogP contribution in [0.3, 0.4) is 0 Å². The predicted octanol–water partition coefficient (Wildman–Crippen LogP) is 2.69. The first-order chi connectivity index (χ1) is 9.67. The average molecular weight is 275 g/mol. The molecule has 1 aromatic heterocycles. The third kappa shape index (κ3) is 2.93. The van der Waals surface area contributed by atoms with Crippen molar-refractivity contribution >= 4 is 0 Å². The van der Waals surface area contributed by atoms with E-state index in [0.29, 0.717) is 13.2 Å². The highest BCUT2D eigenvalue weighted by molar-refractivity contribution is 5.49. The fraction of sp³-hybridized carbons (Fsp3) is 0.400. The van der Waals surface area contributed by atoms with E-state index in [2.05, 4.69) is 4.98 Å². The van der Waals surface area contributed by atoms with Gasteiger partial charge in [-0.05, 0) is 32.9 Å². The summed E-state index contributed by atoms with van der Waals surface area (Å²) in [5.41, 5.74) is 7.87. The Morgan fingerprint density at radius 1 is 1.20 bits per heavy atom. The van der Waals surface area contributed by atoms with Crippen LogP contribution in [-0.4, -0.2) is 22.8 Å². The van der Waals surface area contributed by atoms with Gasteiger partial charge in [0.2, 0.25) is 0 Å². The molecule has 0 aliphatic rings. The van der Waals surface area contributed by atoms with E-state index in [9.17, 15) is 0 Å². The topological polar surface area (TPSA) is 62.3 Å². The Labute approximate surface area is 119 Å². The van der Waals surface area contributed by atoms with Crippen LogP contribution in [-0.2, 0) is 0 Å². The molecule has 0 bridgehead atoms. The van der Waals surface area contributed by atoms with Crippen LogP contribution < -0.4 is 15.2 Å². The van der Waals surface area contributed by atoms with Crippen LogP contribution in [0.15, 0.2) is 30.7 Å². The lowest BCUT2D eigenvalue weighted by Crippen LogP contribution is -2.10. The standard InChI is InChI=1S/C15H21N3O2/c1-4-19-14-7-6-12(8-15(14)20-5-2)18-10-17-9-13(18)11(3)16/h6-11H,4-5,16H2,1-3H3. The lowest BCUT2D eigenvalue weighted by molar-refractivity contribution is 0.287. The van der Waals surface area contributed by atoms with Crippen molar-refractivity contribution in [2.45, 2.75) is 26.8 Å². The van der Waals surface area contributed by atoms with Gasteiger partial charge in [0.25, 0.3) is 0 Å². The molecule has 0 fully saturated rings. The molecular weight excluding hydrogens is 254 g/mol. The molecular formula is C15H21N3O2. The second-order valence-electron chi connectivity index (χ2n) is 4.47. The summed E-state index contributed by atoms with van der Waals surface area (Å²) in [6, 6.07) is 5.75.